The van der Waals surface area contributed by atoms with E-state index in [-0.39, 0.29) is 6.42 Å². The highest BCUT2D eigenvalue weighted by Crippen LogP contribution is 2.43. The van der Waals surface area contributed by atoms with Gasteiger partial charge in [-0.1, -0.05) is 269 Å². The van der Waals surface area contributed by atoms with Gasteiger partial charge in [0.1, 0.15) is 35.2 Å². The summed E-state index contributed by atoms with van der Waals surface area (Å²) in [5.41, 5.74) is 24.6. The van der Waals surface area contributed by atoms with Gasteiger partial charge < -0.3 is 0 Å². The van der Waals surface area contributed by atoms with Crippen molar-refractivity contribution in [3.8, 4) is 56.3 Å². The molecule has 0 saturated heterocycles. The number of rotatable bonds is 14. The van der Waals surface area contributed by atoms with E-state index in [1.165, 1.54) is 243 Å². The van der Waals surface area contributed by atoms with E-state index in [0.717, 1.165) is 51.8 Å². The van der Waals surface area contributed by atoms with Crippen molar-refractivity contribution >= 4 is 53.9 Å². The molecule has 0 N–H and O–H groups in total. The molecular formula is C113H127F3N5+5. The minimum absolute atomic E-state index is 0.0346. The maximum absolute atomic E-state index is 13.2. The molecule has 620 valence electrons. The Labute approximate surface area is 719 Å². The zero-order valence-corrected chi connectivity index (χ0v) is 74.6. The first kappa shape index (κ1) is 86.4. The molecule has 15 aromatic rings. The fourth-order valence-electron chi connectivity index (χ4n) is 19.6. The number of aromatic nitrogens is 5. The van der Waals surface area contributed by atoms with Crippen LogP contribution in [-0.2, 0) is 67.3 Å². The fraction of sp³-hybridized carbons (Fsp3) is 0.336. The van der Waals surface area contributed by atoms with Crippen molar-refractivity contribution in [1.29, 1.82) is 0 Å². The molecule has 0 aliphatic heterocycles. The van der Waals surface area contributed by atoms with E-state index in [1.807, 2.05) is 49.6 Å². The molecule has 0 amide bonds. The number of aryl methyl sites for hydroxylation is 10. The first-order valence-corrected chi connectivity index (χ1v) is 44.6. The van der Waals surface area contributed by atoms with Crippen molar-refractivity contribution in [2.45, 2.75) is 185 Å². The normalized spacial score (nSPS) is 14.0. The summed E-state index contributed by atoms with van der Waals surface area (Å²) in [7, 11) is 10.6. The minimum Gasteiger partial charge on any atom is -0.200 e. The lowest BCUT2D eigenvalue weighted by Crippen LogP contribution is -2.34. The van der Waals surface area contributed by atoms with E-state index in [4.69, 9.17) is 0 Å². The molecule has 3 aliphatic carbocycles. The molecule has 0 spiro atoms. The Morgan fingerprint density at radius 3 is 1.16 bits per heavy atom. The molecule has 5 nitrogen and oxygen atoms in total. The van der Waals surface area contributed by atoms with E-state index in [0.29, 0.717) is 11.0 Å². The molecule has 3 fully saturated rings. The van der Waals surface area contributed by atoms with Crippen LogP contribution in [0.25, 0.3) is 110 Å². The Kier molecular flexibility index (Phi) is 27.1. The van der Waals surface area contributed by atoms with Crippen molar-refractivity contribution in [1.82, 2.24) is 0 Å². The third-order valence-electron chi connectivity index (χ3n) is 26.2. The summed E-state index contributed by atoms with van der Waals surface area (Å²) in [5, 5.41) is 12.9. The van der Waals surface area contributed by atoms with E-state index in [2.05, 4.69) is 337 Å². The quantitative estimate of drug-likeness (QED) is 0.0967. The number of nitrogens with zero attached hydrogens (tertiary/aromatic N) is 5. The predicted molar refractivity (Wildman–Crippen MR) is 500 cm³/mol. The van der Waals surface area contributed by atoms with Crippen molar-refractivity contribution in [2.24, 2.45) is 63.8 Å². The van der Waals surface area contributed by atoms with Crippen LogP contribution < -0.4 is 22.8 Å². The van der Waals surface area contributed by atoms with Crippen molar-refractivity contribution in [2.75, 3.05) is 0 Å². The van der Waals surface area contributed by atoms with Gasteiger partial charge in [-0.25, -0.2) is 22.8 Å². The molecule has 0 radical (unpaired) electrons. The van der Waals surface area contributed by atoms with Gasteiger partial charge in [-0.2, -0.15) is 13.2 Å². The number of benzene rings is 10. The maximum Gasteiger partial charge on any atom is 0.394 e. The lowest BCUT2D eigenvalue weighted by molar-refractivity contribution is -0.659. The number of alkyl halides is 3. The third-order valence-corrected chi connectivity index (χ3v) is 26.2. The number of fused-ring (bicyclic) bond motifs is 5. The topological polar surface area (TPSA) is 19.4 Å². The Bertz CT molecular complexity index is 6120. The summed E-state index contributed by atoms with van der Waals surface area (Å²) >= 11 is 0. The molecule has 8 heteroatoms. The highest BCUT2D eigenvalue weighted by Gasteiger charge is 2.47. The van der Waals surface area contributed by atoms with Gasteiger partial charge in [-0.05, 0) is 228 Å². The molecule has 3 saturated carbocycles. The molecule has 0 unspecified atom stereocenters. The number of hydrogen-bond donors (Lipinski definition) is 0. The predicted octanol–water partition coefficient (Wildman–Crippen LogP) is 27.1. The number of hydrogen-bond acceptors (Lipinski definition) is 0. The fourth-order valence-corrected chi connectivity index (χ4v) is 19.6. The minimum atomic E-state index is -4.22. The van der Waals surface area contributed by atoms with Gasteiger partial charge in [0.25, 0.3) is 0 Å². The Morgan fingerprint density at radius 1 is 0.281 bits per heavy atom. The molecule has 0 bridgehead atoms. The molecule has 5 heterocycles. The van der Waals surface area contributed by atoms with Crippen LogP contribution >= 0.6 is 0 Å². The van der Waals surface area contributed by atoms with E-state index < -0.39 is 11.6 Å². The van der Waals surface area contributed by atoms with Crippen molar-refractivity contribution in [3.63, 3.8) is 0 Å². The second-order valence-corrected chi connectivity index (χ2v) is 37.3. The van der Waals surface area contributed by atoms with Gasteiger partial charge in [0, 0.05) is 57.6 Å². The first-order chi connectivity index (χ1) is 58.1. The van der Waals surface area contributed by atoms with Gasteiger partial charge in [-0.15, -0.1) is 0 Å². The highest BCUT2D eigenvalue weighted by atomic mass is 19.4. The summed E-state index contributed by atoms with van der Waals surface area (Å²) < 4.78 is 50.8. The SMILES string of the molecule is Cc1ccc(CC2CCCC2)cc1-c1c2ccccc2cc[n+]1C.Cc1ccccc1-c1c2cc(CC(C)(C)C)ccc2cc[n+]1C.Cc1ccccc1-c1c2ccc(CC(C)(C)C(F)(F)F)cc2cc[n+]1C.Cc1ccccc1-c1c2cccc(CC3CCCC3)c2cc[n+]1C.Cc1ccccc1-c1c2ccccc2c(CC2CCCC2)c[n+]1C. The molecule has 3 aliphatic rings. The molecule has 18 rings (SSSR count). The average molecular weight is 1610 g/mol. The summed E-state index contributed by atoms with van der Waals surface area (Å²) in [6, 6.07) is 87.0. The highest BCUT2D eigenvalue weighted by molar-refractivity contribution is 5.99. The Balaban J connectivity index is 0.000000124. The smallest absolute Gasteiger partial charge is 0.200 e. The molecule has 121 heavy (non-hydrogen) atoms. The van der Waals surface area contributed by atoms with Crippen LogP contribution in [0.15, 0.2) is 274 Å². The van der Waals surface area contributed by atoms with Crippen LogP contribution in [0, 0.1) is 63.2 Å². The second kappa shape index (κ2) is 38.0. The lowest BCUT2D eigenvalue weighted by Gasteiger charge is -2.27. The van der Waals surface area contributed by atoms with Crippen LogP contribution in [0.5, 0.6) is 0 Å². The Morgan fingerprint density at radius 2 is 0.645 bits per heavy atom. The molecular weight excluding hydrogens is 1480 g/mol. The van der Waals surface area contributed by atoms with Gasteiger partial charge in [0.2, 0.25) is 28.5 Å². The van der Waals surface area contributed by atoms with E-state index >= 15 is 0 Å². The second-order valence-electron chi connectivity index (χ2n) is 37.3. The van der Waals surface area contributed by atoms with Gasteiger partial charge in [0.05, 0.1) is 32.3 Å². The Hall–Kier alpha value is -11.0. The van der Waals surface area contributed by atoms with Gasteiger partial charge in [0.15, 0.2) is 31.0 Å². The average Bonchev–Trinajstić information content (AvgIpc) is 0.965. The van der Waals surface area contributed by atoms with Gasteiger partial charge >= 0.3 is 6.18 Å². The third kappa shape index (κ3) is 20.3. The first-order valence-electron chi connectivity index (χ1n) is 44.6. The lowest BCUT2D eigenvalue weighted by atomic mass is 9.84. The van der Waals surface area contributed by atoms with Crippen LogP contribution in [-0.4, -0.2) is 6.18 Å². The van der Waals surface area contributed by atoms with Crippen LogP contribution in [0.4, 0.5) is 13.2 Å². The van der Waals surface area contributed by atoms with E-state index in [9.17, 15) is 13.2 Å². The van der Waals surface area contributed by atoms with Crippen molar-refractivity contribution in [3.05, 3.63) is 329 Å². The maximum atomic E-state index is 13.2. The summed E-state index contributed by atoms with van der Waals surface area (Å²) in [6.45, 7) is 20.3. The van der Waals surface area contributed by atoms with Gasteiger partial charge in [-0.3, -0.25) is 0 Å². The summed E-state index contributed by atoms with van der Waals surface area (Å²) in [4.78, 5) is 0. The van der Waals surface area contributed by atoms with E-state index in [1.54, 1.807) is 0 Å². The monoisotopic (exact) mass is 1610 g/mol. The standard InChI is InChI=1S/3C23H26N.C22H23F3N.C22H26N/c1-17-9-3-6-12-20(17)23-22-14-8-7-13-21(22)19(16-24(23)2)15-18-10-4-5-11-18;1-17-8-3-6-12-20(17)23-22-13-7-11-19(16-18-9-4-5-10-18)21(22)14-15-24(23)2;1-17-11-12-19(15-18-7-3-4-8-18)16-22(17)23-21-10-6-5-9-20(21)13-14-24(23)2;1-15-7-5-6-8-18(15)20-19-10-9-16(13-17(19)11-12-26(20)4)14-21(2,3)22(23,24)25;1-16-8-6-7-9-19(16)21-20-14-17(15-22(2,3)4)10-11-18(20)12-13-23(21)5/h3,6-9,12-14,16,18H,4-5,10-11,15H2,1-2H3;3,6-8,11-15,18H,4-5,9-10,16H2,1-2H3;5-6,9-14,16,18H,3-4,7-8,15H2,1-2H3;5-13H,14H2,1-4H3;6-14H,15H2,1-5H3/q5*+1. The number of pyridine rings is 5. The van der Waals surface area contributed by atoms with Crippen LogP contribution in [0.3, 0.4) is 0 Å². The largest absolute Gasteiger partial charge is 0.394 e. The number of halogens is 3. The summed E-state index contributed by atoms with van der Waals surface area (Å²) in [6.07, 6.45) is 28.4. The molecule has 5 aromatic heterocycles. The van der Waals surface area contributed by atoms with Crippen LogP contribution in [0.2, 0.25) is 0 Å². The van der Waals surface area contributed by atoms with Crippen molar-refractivity contribution < 1.29 is 36.0 Å². The summed E-state index contributed by atoms with van der Waals surface area (Å²) in [5.74, 6) is 2.64. The molecule has 0 atom stereocenters. The zero-order valence-electron chi connectivity index (χ0n) is 74.6. The molecule has 10 aromatic carbocycles. The van der Waals surface area contributed by atoms with Crippen LogP contribution in [0.1, 0.15) is 167 Å². The zero-order chi connectivity index (χ0) is 85.3.